The van der Waals surface area contributed by atoms with Crippen molar-refractivity contribution in [1.29, 1.82) is 0 Å². The van der Waals surface area contributed by atoms with Crippen LogP contribution in [0.1, 0.15) is 39.7 Å². The zero-order valence-electron chi connectivity index (χ0n) is 12.0. The van der Waals surface area contributed by atoms with Gasteiger partial charge >= 0.3 is 0 Å². The van der Waals surface area contributed by atoms with E-state index in [2.05, 4.69) is 72.0 Å². The Bertz CT molecular complexity index is 366. The number of nitrogens with zero attached hydrogens (tertiary/aromatic N) is 1. The monoisotopic (exact) mass is 312 g/mol. The molecule has 0 bridgehead atoms. The van der Waals surface area contributed by atoms with E-state index in [1.165, 1.54) is 22.1 Å². The average Bonchev–Trinajstić information content (AvgIpc) is 2.39. The van der Waals surface area contributed by atoms with Crippen LogP contribution in [0, 0.1) is 0 Å². The molecule has 18 heavy (non-hydrogen) atoms. The second-order valence-electron chi connectivity index (χ2n) is 4.61. The van der Waals surface area contributed by atoms with E-state index in [1.54, 1.807) is 0 Å². The third-order valence-electron chi connectivity index (χ3n) is 3.36. The molecular formula is C15H25BrN2. The van der Waals surface area contributed by atoms with Gasteiger partial charge in [0.1, 0.15) is 0 Å². The maximum absolute atomic E-state index is 3.71. The third-order valence-corrected chi connectivity index (χ3v) is 4.00. The Morgan fingerprint density at radius 2 is 2.00 bits per heavy atom. The highest BCUT2D eigenvalue weighted by Crippen LogP contribution is 2.29. The van der Waals surface area contributed by atoms with E-state index in [0.717, 1.165) is 19.6 Å². The zero-order valence-corrected chi connectivity index (χ0v) is 13.5. The van der Waals surface area contributed by atoms with Crippen LogP contribution in [-0.4, -0.2) is 19.1 Å². The summed E-state index contributed by atoms with van der Waals surface area (Å²) in [5, 5.41) is 3.35. The standard InChI is InChI=1S/C15H25BrN2/c1-5-12(4)18(7-3)15-9-8-13(10-14(15)16)11-17-6-2/h8-10,12,17H,5-7,11H2,1-4H3. The summed E-state index contributed by atoms with van der Waals surface area (Å²) in [5.41, 5.74) is 2.62. The predicted molar refractivity (Wildman–Crippen MR) is 84.3 cm³/mol. The smallest absolute Gasteiger partial charge is 0.0513 e. The van der Waals surface area contributed by atoms with Crippen molar-refractivity contribution in [1.82, 2.24) is 5.32 Å². The molecule has 1 rings (SSSR count). The maximum Gasteiger partial charge on any atom is 0.0513 e. The van der Waals surface area contributed by atoms with E-state index in [0.29, 0.717) is 6.04 Å². The summed E-state index contributed by atoms with van der Waals surface area (Å²) in [6.07, 6.45) is 1.17. The summed E-state index contributed by atoms with van der Waals surface area (Å²) in [6, 6.07) is 7.24. The Morgan fingerprint density at radius 3 is 2.50 bits per heavy atom. The molecule has 0 aliphatic rings. The highest BCUT2D eigenvalue weighted by Gasteiger charge is 2.13. The molecule has 1 aromatic carbocycles. The average molecular weight is 313 g/mol. The molecule has 3 heteroatoms. The minimum atomic E-state index is 0.575. The lowest BCUT2D eigenvalue weighted by Gasteiger charge is -2.30. The van der Waals surface area contributed by atoms with E-state index >= 15 is 0 Å². The molecule has 1 aromatic rings. The summed E-state index contributed by atoms with van der Waals surface area (Å²) in [5.74, 6) is 0. The van der Waals surface area contributed by atoms with Crippen LogP contribution in [0.15, 0.2) is 22.7 Å². The summed E-state index contributed by atoms with van der Waals surface area (Å²) in [6.45, 7) is 11.8. The Balaban J connectivity index is 2.89. The Morgan fingerprint density at radius 1 is 1.28 bits per heavy atom. The first-order chi connectivity index (χ1) is 8.63. The molecule has 0 fully saturated rings. The van der Waals surface area contributed by atoms with E-state index in [-0.39, 0.29) is 0 Å². The number of benzene rings is 1. The summed E-state index contributed by atoms with van der Waals surface area (Å²) in [7, 11) is 0. The normalized spacial score (nSPS) is 12.5. The molecule has 1 unspecified atom stereocenters. The van der Waals surface area contributed by atoms with Crippen molar-refractivity contribution in [3.63, 3.8) is 0 Å². The zero-order chi connectivity index (χ0) is 13.5. The number of nitrogens with one attached hydrogen (secondary N) is 1. The summed E-state index contributed by atoms with van der Waals surface area (Å²) < 4.78 is 1.19. The first-order valence-corrected chi connectivity index (χ1v) is 7.69. The van der Waals surface area contributed by atoms with Crippen LogP contribution in [0.5, 0.6) is 0 Å². The van der Waals surface area contributed by atoms with Gasteiger partial charge in [-0.25, -0.2) is 0 Å². The third kappa shape index (κ3) is 3.99. The lowest BCUT2D eigenvalue weighted by atomic mass is 10.1. The van der Waals surface area contributed by atoms with Crippen molar-refractivity contribution >= 4 is 21.6 Å². The molecule has 0 saturated heterocycles. The number of rotatable bonds is 7. The molecule has 2 nitrogen and oxygen atoms in total. The van der Waals surface area contributed by atoms with Crippen LogP contribution < -0.4 is 10.2 Å². The second-order valence-corrected chi connectivity index (χ2v) is 5.46. The fraction of sp³-hybridized carbons (Fsp3) is 0.600. The van der Waals surface area contributed by atoms with Crippen molar-refractivity contribution < 1.29 is 0 Å². The van der Waals surface area contributed by atoms with Crippen molar-refractivity contribution in [3.05, 3.63) is 28.2 Å². The SMILES string of the molecule is CCNCc1ccc(N(CC)C(C)CC)c(Br)c1. The van der Waals surface area contributed by atoms with E-state index in [1.807, 2.05) is 0 Å². The van der Waals surface area contributed by atoms with Crippen LogP contribution in [0.2, 0.25) is 0 Å². The first kappa shape index (κ1) is 15.5. The van der Waals surface area contributed by atoms with Gasteiger partial charge in [0.05, 0.1) is 5.69 Å². The van der Waals surface area contributed by atoms with Crippen LogP contribution in [0.4, 0.5) is 5.69 Å². The highest BCUT2D eigenvalue weighted by molar-refractivity contribution is 9.10. The Kier molecular flexibility index (Phi) is 6.72. The molecule has 0 radical (unpaired) electrons. The molecule has 0 heterocycles. The van der Waals surface area contributed by atoms with Gasteiger partial charge in [0.15, 0.2) is 0 Å². The molecule has 102 valence electrons. The minimum Gasteiger partial charge on any atom is -0.368 e. The van der Waals surface area contributed by atoms with E-state index in [4.69, 9.17) is 0 Å². The number of anilines is 1. The molecular weight excluding hydrogens is 288 g/mol. The second kappa shape index (κ2) is 7.80. The first-order valence-electron chi connectivity index (χ1n) is 6.89. The van der Waals surface area contributed by atoms with Gasteiger partial charge in [0.25, 0.3) is 0 Å². The van der Waals surface area contributed by atoms with Gasteiger partial charge in [-0.3, -0.25) is 0 Å². The predicted octanol–water partition coefficient (Wildman–Crippen LogP) is 4.18. The van der Waals surface area contributed by atoms with E-state index < -0.39 is 0 Å². The van der Waals surface area contributed by atoms with Gasteiger partial charge in [-0.1, -0.05) is 19.9 Å². The summed E-state index contributed by atoms with van der Waals surface area (Å²) in [4.78, 5) is 2.45. The summed E-state index contributed by atoms with van der Waals surface area (Å²) >= 11 is 3.71. The quantitative estimate of drug-likeness (QED) is 0.812. The molecule has 0 aliphatic carbocycles. The minimum absolute atomic E-state index is 0.575. The van der Waals surface area contributed by atoms with Crippen LogP contribution in [0.3, 0.4) is 0 Å². The van der Waals surface area contributed by atoms with Gasteiger partial charge in [0.2, 0.25) is 0 Å². The Labute approximate surface area is 120 Å². The fourth-order valence-electron chi connectivity index (χ4n) is 2.10. The van der Waals surface area contributed by atoms with Gasteiger partial charge in [-0.15, -0.1) is 0 Å². The molecule has 0 spiro atoms. The lowest BCUT2D eigenvalue weighted by molar-refractivity contribution is 0.628. The Hall–Kier alpha value is -0.540. The highest BCUT2D eigenvalue weighted by atomic mass is 79.9. The van der Waals surface area contributed by atoms with Crippen molar-refractivity contribution in [2.24, 2.45) is 0 Å². The van der Waals surface area contributed by atoms with E-state index in [9.17, 15) is 0 Å². The van der Waals surface area contributed by atoms with Crippen LogP contribution in [0.25, 0.3) is 0 Å². The number of hydrogen-bond acceptors (Lipinski definition) is 2. The van der Waals surface area contributed by atoms with Crippen molar-refractivity contribution in [3.8, 4) is 0 Å². The van der Waals surface area contributed by atoms with Crippen molar-refractivity contribution in [2.45, 2.75) is 46.7 Å². The van der Waals surface area contributed by atoms with Gasteiger partial charge in [-0.2, -0.15) is 0 Å². The molecule has 1 atom stereocenters. The number of hydrogen-bond donors (Lipinski definition) is 1. The molecule has 0 aromatic heterocycles. The van der Waals surface area contributed by atoms with Crippen LogP contribution in [-0.2, 0) is 6.54 Å². The molecule has 0 amide bonds. The maximum atomic E-state index is 3.71. The van der Waals surface area contributed by atoms with Gasteiger partial charge in [-0.05, 0) is 60.4 Å². The molecule has 0 aliphatic heterocycles. The molecule has 0 saturated carbocycles. The topological polar surface area (TPSA) is 15.3 Å². The number of halogens is 1. The molecule has 1 N–H and O–H groups in total. The van der Waals surface area contributed by atoms with Crippen LogP contribution >= 0.6 is 15.9 Å². The van der Waals surface area contributed by atoms with Gasteiger partial charge in [0, 0.05) is 23.6 Å². The lowest BCUT2D eigenvalue weighted by Crippen LogP contribution is -2.32. The van der Waals surface area contributed by atoms with Crippen molar-refractivity contribution in [2.75, 3.05) is 18.0 Å². The fourth-order valence-corrected chi connectivity index (χ4v) is 2.76. The van der Waals surface area contributed by atoms with Gasteiger partial charge < -0.3 is 10.2 Å². The largest absolute Gasteiger partial charge is 0.368 e.